The number of hydrogen-bond donors (Lipinski definition) is 2. The lowest BCUT2D eigenvalue weighted by atomic mass is 9.87. The predicted molar refractivity (Wildman–Crippen MR) is 61.9 cm³/mol. The fourth-order valence-corrected chi connectivity index (χ4v) is 2.27. The number of hydrogen-bond acceptors (Lipinski definition) is 5. The zero-order valence-electron chi connectivity index (χ0n) is 9.61. The molecule has 0 amide bonds. The average molecular weight is 224 g/mol. The summed E-state index contributed by atoms with van der Waals surface area (Å²) < 4.78 is 5.26. The molecule has 0 saturated heterocycles. The van der Waals surface area contributed by atoms with Crippen molar-refractivity contribution in [2.75, 3.05) is 11.9 Å². The van der Waals surface area contributed by atoms with Crippen molar-refractivity contribution in [3.63, 3.8) is 0 Å². The highest BCUT2D eigenvalue weighted by Crippen LogP contribution is 2.26. The van der Waals surface area contributed by atoms with Crippen molar-refractivity contribution in [3.8, 4) is 0 Å². The molecule has 1 fully saturated rings. The van der Waals surface area contributed by atoms with Crippen LogP contribution in [0, 0.1) is 5.92 Å². The molecule has 5 nitrogen and oxygen atoms in total. The molecule has 0 bridgehead atoms. The molecule has 1 aromatic heterocycles. The molecule has 5 heteroatoms. The van der Waals surface area contributed by atoms with Gasteiger partial charge in [-0.25, -0.2) is 0 Å². The molecule has 90 valence electrons. The van der Waals surface area contributed by atoms with Crippen molar-refractivity contribution in [3.05, 3.63) is 5.89 Å². The molecule has 1 aromatic rings. The third-order valence-electron chi connectivity index (χ3n) is 3.20. The van der Waals surface area contributed by atoms with E-state index in [0.717, 1.165) is 12.5 Å². The molecule has 1 heterocycles. The van der Waals surface area contributed by atoms with Crippen molar-refractivity contribution in [2.24, 2.45) is 11.7 Å². The minimum atomic E-state index is 0.303. The number of aromatic nitrogens is 2. The van der Waals surface area contributed by atoms with Gasteiger partial charge in [0.25, 0.3) is 0 Å². The molecule has 1 aliphatic carbocycles. The van der Waals surface area contributed by atoms with Crippen LogP contribution in [0.5, 0.6) is 0 Å². The standard InChI is InChI=1S/C11H20N4O/c12-8-10-14-15-11(16-10)13-7-6-9-4-2-1-3-5-9/h9H,1-8,12H2,(H,13,15). The monoisotopic (exact) mass is 224 g/mol. The largest absolute Gasteiger partial charge is 0.407 e. The van der Waals surface area contributed by atoms with Crippen molar-refractivity contribution >= 4 is 6.01 Å². The van der Waals surface area contributed by atoms with E-state index in [-0.39, 0.29) is 0 Å². The first-order valence-corrected chi connectivity index (χ1v) is 6.15. The lowest BCUT2D eigenvalue weighted by Crippen LogP contribution is -2.12. The topological polar surface area (TPSA) is 77.0 Å². The van der Waals surface area contributed by atoms with Gasteiger partial charge < -0.3 is 15.5 Å². The highest BCUT2D eigenvalue weighted by molar-refractivity contribution is 5.16. The molecule has 2 rings (SSSR count). The fourth-order valence-electron chi connectivity index (χ4n) is 2.27. The number of nitrogens with one attached hydrogen (secondary N) is 1. The second kappa shape index (κ2) is 5.84. The van der Waals surface area contributed by atoms with Crippen molar-refractivity contribution in [1.29, 1.82) is 0 Å². The van der Waals surface area contributed by atoms with Gasteiger partial charge in [0.2, 0.25) is 5.89 Å². The Balaban J connectivity index is 1.66. The Kier molecular flexibility index (Phi) is 4.16. The van der Waals surface area contributed by atoms with Crippen LogP contribution in [0.1, 0.15) is 44.4 Å². The summed E-state index contributed by atoms with van der Waals surface area (Å²) in [6, 6.07) is 0.497. The van der Waals surface area contributed by atoms with Crippen LogP contribution in [-0.2, 0) is 6.54 Å². The number of rotatable bonds is 5. The van der Waals surface area contributed by atoms with E-state index in [4.69, 9.17) is 10.2 Å². The lowest BCUT2D eigenvalue weighted by molar-refractivity contribution is 0.344. The van der Waals surface area contributed by atoms with E-state index in [0.29, 0.717) is 18.5 Å². The summed E-state index contributed by atoms with van der Waals surface area (Å²) in [6.07, 6.45) is 8.14. The number of anilines is 1. The van der Waals surface area contributed by atoms with Gasteiger partial charge in [0.15, 0.2) is 0 Å². The summed E-state index contributed by atoms with van der Waals surface area (Å²) in [4.78, 5) is 0. The molecule has 1 saturated carbocycles. The van der Waals surface area contributed by atoms with E-state index >= 15 is 0 Å². The summed E-state index contributed by atoms with van der Waals surface area (Å²) in [6.45, 7) is 1.22. The molecule has 1 aliphatic rings. The Labute approximate surface area is 95.8 Å². The molecule has 16 heavy (non-hydrogen) atoms. The van der Waals surface area contributed by atoms with Gasteiger partial charge in [-0.3, -0.25) is 0 Å². The second-order valence-electron chi connectivity index (χ2n) is 4.42. The Bertz CT molecular complexity index is 307. The minimum absolute atomic E-state index is 0.303. The van der Waals surface area contributed by atoms with Gasteiger partial charge >= 0.3 is 6.01 Å². The fraction of sp³-hybridized carbons (Fsp3) is 0.818. The summed E-state index contributed by atoms with van der Waals surface area (Å²) >= 11 is 0. The third-order valence-corrected chi connectivity index (χ3v) is 3.20. The van der Waals surface area contributed by atoms with Crippen LogP contribution in [0.25, 0.3) is 0 Å². The summed E-state index contributed by atoms with van der Waals surface area (Å²) in [7, 11) is 0. The van der Waals surface area contributed by atoms with Gasteiger partial charge in [0.1, 0.15) is 0 Å². The van der Waals surface area contributed by atoms with Crippen molar-refractivity contribution in [1.82, 2.24) is 10.2 Å². The van der Waals surface area contributed by atoms with E-state index in [1.807, 2.05) is 0 Å². The Morgan fingerprint density at radius 1 is 1.25 bits per heavy atom. The van der Waals surface area contributed by atoms with E-state index in [2.05, 4.69) is 15.5 Å². The quantitative estimate of drug-likeness (QED) is 0.799. The molecule has 0 aromatic carbocycles. The Morgan fingerprint density at radius 2 is 2.06 bits per heavy atom. The van der Waals surface area contributed by atoms with Gasteiger partial charge in [-0.15, -0.1) is 5.10 Å². The maximum Gasteiger partial charge on any atom is 0.315 e. The number of nitrogens with zero attached hydrogens (tertiary/aromatic N) is 2. The smallest absolute Gasteiger partial charge is 0.315 e. The highest BCUT2D eigenvalue weighted by Gasteiger charge is 2.13. The first-order valence-electron chi connectivity index (χ1n) is 6.15. The molecular weight excluding hydrogens is 204 g/mol. The first kappa shape index (κ1) is 11.4. The van der Waals surface area contributed by atoms with E-state index in [1.165, 1.54) is 38.5 Å². The Hall–Kier alpha value is -1.10. The molecule has 0 spiro atoms. The maximum atomic E-state index is 5.38. The van der Waals surface area contributed by atoms with Crippen LogP contribution in [0.3, 0.4) is 0 Å². The zero-order valence-corrected chi connectivity index (χ0v) is 9.61. The second-order valence-corrected chi connectivity index (χ2v) is 4.42. The van der Waals surface area contributed by atoms with Crippen molar-refractivity contribution < 1.29 is 4.42 Å². The predicted octanol–water partition coefficient (Wildman–Crippen LogP) is 1.91. The Morgan fingerprint density at radius 3 is 2.75 bits per heavy atom. The van der Waals surface area contributed by atoms with Crippen LogP contribution in [0.15, 0.2) is 4.42 Å². The van der Waals surface area contributed by atoms with Crippen molar-refractivity contribution in [2.45, 2.75) is 45.1 Å². The van der Waals surface area contributed by atoms with Crippen LogP contribution < -0.4 is 11.1 Å². The molecule has 0 radical (unpaired) electrons. The van der Waals surface area contributed by atoms with Crippen LogP contribution in [-0.4, -0.2) is 16.7 Å². The molecule has 3 N–H and O–H groups in total. The van der Waals surface area contributed by atoms with Crippen LogP contribution >= 0.6 is 0 Å². The minimum Gasteiger partial charge on any atom is -0.407 e. The summed E-state index contributed by atoms with van der Waals surface area (Å²) in [5.74, 6) is 1.36. The molecular formula is C11H20N4O. The van der Waals surface area contributed by atoms with E-state index in [1.54, 1.807) is 0 Å². The van der Waals surface area contributed by atoms with Crippen LogP contribution in [0.2, 0.25) is 0 Å². The van der Waals surface area contributed by atoms with Crippen LogP contribution in [0.4, 0.5) is 6.01 Å². The average Bonchev–Trinajstić information content (AvgIpc) is 2.78. The number of nitrogens with two attached hydrogens (primary N) is 1. The molecule has 0 unspecified atom stereocenters. The third kappa shape index (κ3) is 3.20. The maximum absolute atomic E-state index is 5.38. The van der Waals surface area contributed by atoms with Gasteiger partial charge in [0.05, 0.1) is 6.54 Å². The van der Waals surface area contributed by atoms with E-state index in [9.17, 15) is 0 Å². The summed E-state index contributed by atoms with van der Waals surface area (Å²) in [5.41, 5.74) is 5.38. The van der Waals surface area contributed by atoms with Gasteiger partial charge in [-0.2, -0.15) is 0 Å². The lowest BCUT2D eigenvalue weighted by Gasteiger charge is -2.21. The van der Waals surface area contributed by atoms with Gasteiger partial charge in [-0.1, -0.05) is 37.2 Å². The normalized spacial score (nSPS) is 17.6. The van der Waals surface area contributed by atoms with Gasteiger partial charge in [0, 0.05) is 6.54 Å². The van der Waals surface area contributed by atoms with E-state index < -0.39 is 0 Å². The molecule has 0 atom stereocenters. The molecule has 0 aliphatic heterocycles. The SMILES string of the molecule is NCc1nnc(NCCC2CCCCC2)o1. The first-order chi connectivity index (χ1) is 7.88. The highest BCUT2D eigenvalue weighted by atomic mass is 16.4. The summed E-state index contributed by atoms with van der Waals surface area (Å²) in [5, 5.41) is 10.8. The van der Waals surface area contributed by atoms with Gasteiger partial charge in [-0.05, 0) is 12.3 Å². The zero-order chi connectivity index (χ0) is 11.2.